The van der Waals surface area contributed by atoms with E-state index in [2.05, 4.69) is 25.7 Å². The summed E-state index contributed by atoms with van der Waals surface area (Å²) in [4.78, 5) is 48.7. The molecular weight excluding hydrogens is 488 g/mol. The van der Waals surface area contributed by atoms with Crippen LogP contribution in [0.15, 0.2) is 17.6 Å². The molecule has 0 aliphatic carbocycles. The molecule has 4 heterocycles. The number of amides is 2. The van der Waals surface area contributed by atoms with Gasteiger partial charge in [0.15, 0.2) is 12.0 Å². The summed E-state index contributed by atoms with van der Waals surface area (Å²) in [5, 5.41) is 8.41. The lowest BCUT2D eigenvalue weighted by atomic mass is 9.98. The van der Waals surface area contributed by atoms with Crippen molar-refractivity contribution >= 4 is 23.2 Å². The summed E-state index contributed by atoms with van der Waals surface area (Å²) in [7, 11) is 3.61. The van der Waals surface area contributed by atoms with Crippen molar-refractivity contribution in [3.63, 3.8) is 0 Å². The molecule has 14 heteroatoms. The minimum Gasteiger partial charge on any atom is -0.364 e. The van der Waals surface area contributed by atoms with Crippen LogP contribution in [0.3, 0.4) is 0 Å². The molecule has 3 fully saturated rings. The lowest BCUT2D eigenvalue weighted by Gasteiger charge is -2.40. The summed E-state index contributed by atoms with van der Waals surface area (Å²) in [5.41, 5.74) is 6.14. The number of halogens is 2. The Bertz CT molecular complexity index is 994. The number of rotatable bonds is 7. The molecule has 3 aliphatic rings. The van der Waals surface area contributed by atoms with Crippen molar-refractivity contribution in [2.45, 2.75) is 24.9 Å². The Morgan fingerprint density at radius 1 is 1.19 bits per heavy atom. The molecular formula is C23H35F2N9O3. The average Bonchev–Trinajstić information content (AvgIpc) is 3.31. The second kappa shape index (κ2) is 11.7. The smallest absolute Gasteiger partial charge is 0.234 e. The highest BCUT2D eigenvalue weighted by Crippen LogP contribution is 2.31. The number of alkyl halides is 1. The third-order valence-corrected chi connectivity index (χ3v) is 7.42. The van der Waals surface area contributed by atoms with Gasteiger partial charge in [-0.05, 0) is 27.1 Å². The van der Waals surface area contributed by atoms with Crippen LogP contribution in [0.1, 0.15) is 6.42 Å². The number of nitroso groups, excluding NO2 is 1. The van der Waals surface area contributed by atoms with Crippen LogP contribution in [-0.2, 0) is 9.59 Å². The van der Waals surface area contributed by atoms with Gasteiger partial charge in [0.05, 0.1) is 30.2 Å². The second-order valence-corrected chi connectivity index (χ2v) is 10.1. The van der Waals surface area contributed by atoms with Crippen molar-refractivity contribution in [3.05, 3.63) is 23.1 Å². The molecule has 4 N–H and O–H groups in total. The fourth-order valence-corrected chi connectivity index (χ4v) is 5.45. The van der Waals surface area contributed by atoms with E-state index in [0.29, 0.717) is 26.2 Å². The monoisotopic (exact) mass is 523 g/mol. The average molecular weight is 524 g/mol. The zero-order valence-electron chi connectivity index (χ0n) is 21.1. The molecule has 5 unspecified atom stereocenters. The van der Waals surface area contributed by atoms with Crippen molar-refractivity contribution in [1.29, 1.82) is 0 Å². The largest absolute Gasteiger partial charge is 0.364 e. The van der Waals surface area contributed by atoms with Gasteiger partial charge in [-0.1, -0.05) is 5.18 Å². The molecule has 37 heavy (non-hydrogen) atoms. The molecule has 0 radical (unpaired) electrons. The third-order valence-electron chi connectivity index (χ3n) is 7.42. The van der Waals surface area contributed by atoms with Gasteiger partial charge in [-0.15, -0.1) is 4.91 Å². The number of aromatic nitrogens is 1. The van der Waals surface area contributed by atoms with Gasteiger partial charge in [-0.3, -0.25) is 24.8 Å². The van der Waals surface area contributed by atoms with E-state index in [4.69, 9.17) is 5.73 Å². The normalized spacial score (nSPS) is 27.1. The van der Waals surface area contributed by atoms with Crippen molar-refractivity contribution in [1.82, 2.24) is 25.0 Å². The van der Waals surface area contributed by atoms with Crippen LogP contribution in [0.2, 0.25) is 0 Å². The summed E-state index contributed by atoms with van der Waals surface area (Å²) >= 11 is 0. The molecule has 0 spiro atoms. The van der Waals surface area contributed by atoms with E-state index in [1.165, 1.54) is 6.20 Å². The Balaban J connectivity index is 1.47. The van der Waals surface area contributed by atoms with Crippen molar-refractivity contribution in [2.24, 2.45) is 22.7 Å². The van der Waals surface area contributed by atoms with Crippen molar-refractivity contribution in [2.75, 3.05) is 76.7 Å². The van der Waals surface area contributed by atoms with E-state index >= 15 is 4.39 Å². The number of hydrogen-bond donors (Lipinski definition) is 3. The Kier molecular flexibility index (Phi) is 8.62. The van der Waals surface area contributed by atoms with E-state index in [1.54, 1.807) is 16.8 Å². The molecule has 3 saturated heterocycles. The predicted molar refractivity (Wildman–Crippen MR) is 134 cm³/mol. The number of hydrogen-bond acceptors (Lipinski definition) is 10. The summed E-state index contributed by atoms with van der Waals surface area (Å²) < 4.78 is 28.8. The first-order valence-electron chi connectivity index (χ1n) is 12.5. The quantitative estimate of drug-likeness (QED) is 0.408. The lowest BCUT2D eigenvalue weighted by Crippen LogP contribution is -2.62. The fourth-order valence-electron chi connectivity index (χ4n) is 5.45. The highest BCUT2D eigenvalue weighted by molar-refractivity contribution is 5.96. The summed E-state index contributed by atoms with van der Waals surface area (Å²) in [5.74, 6) is -2.36. The molecule has 0 bridgehead atoms. The molecule has 4 rings (SSSR count). The van der Waals surface area contributed by atoms with Crippen LogP contribution >= 0.6 is 0 Å². The molecule has 1 aromatic heterocycles. The minimum absolute atomic E-state index is 0.00270. The molecule has 0 saturated carbocycles. The number of pyridine rings is 1. The van der Waals surface area contributed by atoms with E-state index in [0.717, 1.165) is 25.7 Å². The molecule has 2 amide bonds. The Morgan fingerprint density at radius 3 is 2.54 bits per heavy atom. The molecule has 1 aromatic rings. The number of nitrogens with two attached hydrogens (primary N) is 1. The molecule has 204 valence electrons. The van der Waals surface area contributed by atoms with Crippen LogP contribution in [-0.4, -0.2) is 116 Å². The minimum atomic E-state index is -1.41. The number of carbonyl (C=O) groups excluding carboxylic acids is 2. The third kappa shape index (κ3) is 6.03. The van der Waals surface area contributed by atoms with E-state index in [-0.39, 0.29) is 36.3 Å². The van der Waals surface area contributed by atoms with Gasteiger partial charge in [0, 0.05) is 45.8 Å². The van der Waals surface area contributed by atoms with Crippen molar-refractivity contribution < 1.29 is 18.4 Å². The van der Waals surface area contributed by atoms with Crippen LogP contribution in [0.25, 0.3) is 0 Å². The van der Waals surface area contributed by atoms with Crippen LogP contribution in [0, 0.1) is 22.6 Å². The van der Waals surface area contributed by atoms with Gasteiger partial charge >= 0.3 is 0 Å². The zero-order valence-corrected chi connectivity index (χ0v) is 21.1. The van der Waals surface area contributed by atoms with Gasteiger partial charge in [0.1, 0.15) is 17.8 Å². The highest BCUT2D eigenvalue weighted by Gasteiger charge is 2.40. The SMILES string of the molecule is CN1CCC(C(=O)N2CCN(c3c(F)cncc3NC(=O)C(C(N)N=O)C3NCC(F)CN3C)CC2)C1. The fraction of sp³-hybridized carbons (Fsp3) is 0.696. The highest BCUT2D eigenvalue weighted by atomic mass is 19.1. The van der Waals surface area contributed by atoms with E-state index in [1.807, 2.05) is 11.9 Å². The molecule has 5 atom stereocenters. The Hall–Kier alpha value is -2.81. The molecule has 0 aromatic carbocycles. The first-order chi connectivity index (χ1) is 17.7. The van der Waals surface area contributed by atoms with E-state index < -0.39 is 36.1 Å². The van der Waals surface area contributed by atoms with Gasteiger partial charge in [-0.2, -0.15) is 0 Å². The zero-order chi connectivity index (χ0) is 26.7. The Morgan fingerprint density at radius 2 is 1.92 bits per heavy atom. The maximum atomic E-state index is 15.0. The molecule has 3 aliphatic heterocycles. The summed E-state index contributed by atoms with van der Waals surface area (Å²) in [6, 6.07) is 0. The van der Waals surface area contributed by atoms with Crippen LogP contribution in [0.4, 0.5) is 20.2 Å². The number of carbonyl (C=O) groups is 2. The first-order valence-corrected chi connectivity index (χ1v) is 12.5. The van der Waals surface area contributed by atoms with Gasteiger partial charge in [0.25, 0.3) is 0 Å². The topological polar surface area (TPSA) is 140 Å². The predicted octanol–water partition coefficient (Wildman–Crippen LogP) is -0.374. The van der Waals surface area contributed by atoms with Gasteiger partial charge in [-0.25, -0.2) is 8.78 Å². The second-order valence-electron chi connectivity index (χ2n) is 10.1. The lowest BCUT2D eigenvalue weighted by molar-refractivity contribution is -0.135. The number of nitrogens with zero attached hydrogens (tertiary/aromatic N) is 6. The number of anilines is 2. The Labute approximate surface area is 214 Å². The first kappa shape index (κ1) is 27.2. The van der Waals surface area contributed by atoms with Gasteiger partial charge in [0.2, 0.25) is 11.8 Å². The van der Waals surface area contributed by atoms with Crippen LogP contribution in [0.5, 0.6) is 0 Å². The van der Waals surface area contributed by atoms with Crippen LogP contribution < -0.4 is 21.3 Å². The summed E-state index contributed by atoms with van der Waals surface area (Å²) in [6.45, 7) is 3.30. The standard InChI is InChI=1S/C23H35F2N9O3/c1-31-4-3-14(12-31)23(36)34-7-5-33(6-8-34)19-16(25)10-27-11-17(19)29-22(35)18(20(26)30-37)21-28-9-15(24)13-32(21)2/h10-11,14-15,18,20-21,28H,3-9,12-13,26H2,1-2H3,(H,29,35). The number of likely N-dealkylation sites (tertiary alicyclic amines) is 1. The van der Waals surface area contributed by atoms with E-state index in [9.17, 15) is 18.9 Å². The van der Waals surface area contributed by atoms with Gasteiger partial charge < -0.3 is 25.8 Å². The summed E-state index contributed by atoms with van der Waals surface area (Å²) in [6.07, 6.45) is -0.0657. The number of nitrogens with one attached hydrogen (secondary N) is 2. The number of piperazine rings is 1. The maximum Gasteiger partial charge on any atom is 0.234 e. The maximum absolute atomic E-state index is 15.0. The van der Waals surface area contributed by atoms with Crippen molar-refractivity contribution in [3.8, 4) is 0 Å². The molecule has 12 nitrogen and oxygen atoms in total.